The topological polar surface area (TPSA) is 87.9 Å². The predicted molar refractivity (Wildman–Crippen MR) is 67.9 cm³/mol. The van der Waals surface area contributed by atoms with Gasteiger partial charge in [-0.2, -0.15) is 4.98 Å². The lowest BCUT2D eigenvalue weighted by atomic mass is 10.1. The van der Waals surface area contributed by atoms with Gasteiger partial charge in [0.15, 0.2) is 0 Å². The Hall–Kier alpha value is -2.37. The summed E-state index contributed by atoms with van der Waals surface area (Å²) in [6, 6.07) is 9.99. The van der Waals surface area contributed by atoms with Crippen molar-refractivity contribution in [2.75, 3.05) is 19.3 Å². The smallest absolute Gasteiger partial charge is 0.290 e. The average molecular weight is 245 g/mol. The van der Waals surface area contributed by atoms with E-state index in [-0.39, 0.29) is 17.7 Å². The molecule has 0 aliphatic rings. The lowest BCUT2D eigenvalue weighted by Crippen LogP contribution is -2.29. The zero-order chi connectivity index (χ0) is 13.0. The number of nitrogens with zero attached hydrogens (tertiary/aromatic N) is 3. The molecule has 0 spiro atoms. The Kier molecular flexibility index (Phi) is 3.57. The molecule has 1 aromatic heterocycles. The summed E-state index contributed by atoms with van der Waals surface area (Å²) in [6.45, 7) is 0.615. The van der Waals surface area contributed by atoms with E-state index in [0.717, 1.165) is 6.42 Å². The third-order valence-electron chi connectivity index (χ3n) is 2.63. The van der Waals surface area contributed by atoms with Gasteiger partial charge in [0.2, 0.25) is 11.8 Å². The summed E-state index contributed by atoms with van der Waals surface area (Å²) in [4.78, 5) is 17.3. The maximum atomic E-state index is 11.9. The first-order chi connectivity index (χ1) is 8.66. The number of H-pyrrole nitrogens is 1. The number of nitrogen functional groups attached to an aromatic ring is 1. The molecule has 0 unspecified atom stereocenters. The molecule has 0 atom stereocenters. The second kappa shape index (κ2) is 5.31. The van der Waals surface area contributed by atoms with Crippen LogP contribution in [-0.2, 0) is 6.42 Å². The van der Waals surface area contributed by atoms with Crippen molar-refractivity contribution in [2.24, 2.45) is 0 Å². The fourth-order valence-electron chi connectivity index (χ4n) is 1.59. The van der Waals surface area contributed by atoms with Gasteiger partial charge in [0, 0.05) is 13.6 Å². The lowest BCUT2D eigenvalue weighted by Gasteiger charge is -2.15. The van der Waals surface area contributed by atoms with E-state index in [1.165, 1.54) is 5.56 Å². The van der Waals surface area contributed by atoms with Crippen molar-refractivity contribution < 1.29 is 4.79 Å². The Morgan fingerprint density at radius 3 is 2.72 bits per heavy atom. The third kappa shape index (κ3) is 2.85. The van der Waals surface area contributed by atoms with Crippen LogP contribution in [0, 0.1) is 0 Å². The number of anilines is 1. The van der Waals surface area contributed by atoms with Gasteiger partial charge in [-0.1, -0.05) is 30.3 Å². The number of hydrogen-bond acceptors (Lipinski definition) is 4. The first kappa shape index (κ1) is 12.1. The van der Waals surface area contributed by atoms with Crippen molar-refractivity contribution in [3.63, 3.8) is 0 Å². The van der Waals surface area contributed by atoms with Crippen LogP contribution in [0.3, 0.4) is 0 Å². The minimum Gasteiger partial charge on any atom is -0.366 e. The van der Waals surface area contributed by atoms with Gasteiger partial charge in [-0.25, -0.2) is 0 Å². The van der Waals surface area contributed by atoms with Crippen LogP contribution in [0.15, 0.2) is 30.3 Å². The fraction of sp³-hybridized carbons (Fsp3) is 0.250. The minimum atomic E-state index is -0.213. The highest BCUT2D eigenvalue weighted by molar-refractivity contribution is 5.90. The Morgan fingerprint density at radius 1 is 1.39 bits per heavy atom. The molecule has 0 aliphatic carbocycles. The normalized spacial score (nSPS) is 10.3. The van der Waals surface area contributed by atoms with Crippen molar-refractivity contribution in [2.45, 2.75) is 6.42 Å². The molecule has 1 amide bonds. The van der Waals surface area contributed by atoms with Crippen LogP contribution in [0.2, 0.25) is 0 Å². The Labute approximate surface area is 105 Å². The molecule has 2 rings (SSSR count). The van der Waals surface area contributed by atoms with Crippen LogP contribution in [0.5, 0.6) is 0 Å². The Morgan fingerprint density at radius 2 is 2.11 bits per heavy atom. The standard InChI is InChI=1S/C12H15N5O/c1-17(8-7-9-5-3-2-4-6-9)11(18)10-14-12(13)16-15-10/h2-6H,7-8H2,1H3,(H3,13,14,15,16). The minimum absolute atomic E-state index is 0.0785. The van der Waals surface area contributed by atoms with E-state index in [1.54, 1.807) is 11.9 Å². The molecule has 94 valence electrons. The maximum absolute atomic E-state index is 11.9. The highest BCUT2D eigenvalue weighted by atomic mass is 16.2. The van der Waals surface area contributed by atoms with E-state index in [9.17, 15) is 4.79 Å². The average Bonchev–Trinajstić information content (AvgIpc) is 2.83. The van der Waals surface area contributed by atoms with E-state index in [0.29, 0.717) is 6.54 Å². The highest BCUT2D eigenvalue weighted by Crippen LogP contribution is 2.03. The SMILES string of the molecule is CN(CCc1ccccc1)C(=O)c1nc(N)n[nH]1. The van der Waals surface area contributed by atoms with Gasteiger partial charge < -0.3 is 10.6 Å². The van der Waals surface area contributed by atoms with Crippen LogP contribution in [0.25, 0.3) is 0 Å². The second-order valence-corrected chi connectivity index (χ2v) is 4.00. The van der Waals surface area contributed by atoms with E-state index in [1.807, 2.05) is 30.3 Å². The summed E-state index contributed by atoms with van der Waals surface area (Å²) in [5.41, 5.74) is 6.55. The molecule has 1 heterocycles. The summed E-state index contributed by atoms with van der Waals surface area (Å²) in [5, 5.41) is 6.14. The van der Waals surface area contributed by atoms with Crippen LogP contribution < -0.4 is 5.73 Å². The number of rotatable bonds is 4. The zero-order valence-electron chi connectivity index (χ0n) is 10.1. The van der Waals surface area contributed by atoms with E-state index >= 15 is 0 Å². The third-order valence-corrected chi connectivity index (χ3v) is 2.63. The monoisotopic (exact) mass is 245 g/mol. The first-order valence-corrected chi connectivity index (χ1v) is 5.64. The molecule has 2 aromatic rings. The van der Waals surface area contributed by atoms with Crippen molar-refractivity contribution >= 4 is 11.9 Å². The quantitative estimate of drug-likeness (QED) is 0.830. The van der Waals surface area contributed by atoms with Crippen molar-refractivity contribution in [3.05, 3.63) is 41.7 Å². The fourth-order valence-corrected chi connectivity index (χ4v) is 1.59. The molecule has 0 bridgehead atoms. The number of carbonyl (C=O) groups excluding carboxylic acids is 1. The number of benzene rings is 1. The van der Waals surface area contributed by atoms with Gasteiger partial charge >= 0.3 is 0 Å². The molecule has 6 heteroatoms. The molecule has 1 aromatic carbocycles. The van der Waals surface area contributed by atoms with Gasteiger partial charge in [-0.3, -0.25) is 9.89 Å². The summed E-state index contributed by atoms with van der Waals surface area (Å²) >= 11 is 0. The number of aromatic amines is 1. The number of likely N-dealkylation sites (N-methyl/N-ethyl adjacent to an activating group) is 1. The van der Waals surface area contributed by atoms with Gasteiger partial charge in [-0.05, 0) is 12.0 Å². The Bertz CT molecular complexity index is 522. The molecule has 3 N–H and O–H groups in total. The maximum Gasteiger partial charge on any atom is 0.290 e. The molecular formula is C12H15N5O. The van der Waals surface area contributed by atoms with Crippen LogP contribution in [0.4, 0.5) is 5.95 Å². The Balaban J connectivity index is 1.92. The molecule has 0 saturated heterocycles. The number of aromatic nitrogens is 3. The number of nitrogens with one attached hydrogen (secondary N) is 1. The summed E-state index contributed by atoms with van der Waals surface area (Å²) in [5.74, 6) is 0.0352. The molecule has 6 nitrogen and oxygen atoms in total. The summed E-state index contributed by atoms with van der Waals surface area (Å²) in [7, 11) is 1.73. The van der Waals surface area contributed by atoms with Gasteiger partial charge in [0.05, 0.1) is 0 Å². The molecule has 0 fully saturated rings. The number of amides is 1. The van der Waals surface area contributed by atoms with Crippen molar-refractivity contribution in [1.29, 1.82) is 0 Å². The molecule has 0 saturated carbocycles. The number of hydrogen-bond donors (Lipinski definition) is 2. The highest BCUT2D eigenvalue weighted by Gasteiger charge is 2.15. The largest absolute Gasteiger partial charge is 0.366 e. The van der Waals surface area contributed by atoms with Gasteiger partial charge in [0.1, 0.15) is 0 Å². The second-order valence-electron chi connectivity index (χ2n) is 4.00. The predicted octanol–water partition coefficient (Wildman–Crippen LogP) is 0.702. The molecule has 0 radical (unpaired) electrons. The number of carbonyl (C=O) groups is 1. The van der Waals surface area contributed by atoms with Crippen molar-refractivity contribution in [3.8, 4) is 0 Å². The molecule has 18 heavy (non-hydrogen) atoms. The van der Waals surface area contributed by atoms with Gasteiger partial charge in [0.25, 0.3) is 5.91 Å². The number of nitrogens with two attached hydrogens (primary N) is 1. The lowest BCUT2D eigenvalue weighted by molar-refractivity contribution is 0.0785. The van der Waals surface area contributed by atoms with Gasteiger partial charge in [-0.15, -0.1) is 5.10 Å². The van der Waals surface area contributed by atoms with Crippen LogP contribution >= 0.6 is 0 Å². The molecule has 0 aliphatic heterocycles. The summed E-state index contributed by atoms with van der Waals surface area (Å²) in [6.07, 6.45) is 0.798. The first-order valence-electron chi connectivity index (χ1n) is 5.64. The summed E-state index contributed by atoms with van der Waals surface area (Å²) < 4.78 is 0. The van der Waals surface area contributed by atoms with E-state index < -0.39 is 0 Å². The van der Waals surface area contributed by atoms with Crippen LogP contribution in [-0.4, -0.2) is 39.6 Å². The van der Waals surface area contributed by atoms with Crippen molar-refractivity contribution in [1.82, 2.24) is 20.1 Å². The molecular weight excluding hydrogens is 230 g/mol. The van der Waals surface area contributed by atoms with E-state index in [2.05, 4.69) is 15.2 Å². The van der Waals surface area contributed by atoms with E-state index in [4.69, 9.17) is 5.73 Å². The zero-order valence-corrected chi connectivity index (χ0v) is 10.1. The van der Waals surface area contributed by atoms with Crippen LogP contribution in [0.1, 0.15) is 16.2 Å².